The first-order chi connectivity index (χ1) is 9.67. The number of fused-ring (bicyclic) bond motifs is 1. The van der Waals surface area contributed by atoms with E-state index in [-0.39, 0.29) is 0 Å². The van der Waals surface area contributed by atoms with Crippen LogP contribution in [-0.2, 0) is 6.42 Å². The number of carbonyl (C=O) groups is 1. The highest BCUT2D eigenvalue weighted by molar-refractivity contribution is 6.01. The fourth-order valence-electron chi connectivity index (χ4n) is 3.09. The molecule has 20 heavy (non-hydrogen) atoms. The maximum Gasteiger partial charge on any atom is 0.337 e. The van der Waals surface area contributed by atoms with Crippen LogP contribution >= 0.6 is 0 Å². The summed E-state index contributed by atoms with van der Waals surface area (Å²) in [4.78, 5) is 16.0. The van der Waals surface area contributed by atoms with Gasteiger partial charge in [-0.1, -0.05) is 26.3 Å². The van der Waals surface area contributed by atoms with E-state index in [0.717, 1.165) is 30.1 Å². The molecule has 0 spiro atoms. The highest BCUT2D eigenvalue weighted by atomic mass is 16.4. The molecule has 1 N–H and O–H groups in total. The van der Waals surface area contributed by atoms with Crippen molar-refractivity contribution in [3.05, 3.63) is 29.6 Å². The lowest BCUT2D eigenvalue weighted by Gasteiger charge is -2.08. The van der Waals surface area contributed by atoms with Gasteiger partial charge in [0, 0.05) is 12.5 Å². The van der Waals surface area contributed by atoms with Crippen LogP contribution in [0.1, 0.15) is 55.3 Å². The molecule has 1 aliphatic rings. The quantitative estimate of drug-likeness (QED) is 0.903. The van der Waals surface area contributed by atoms with Gasteiger partial charge in [0.05, 0.1) is 11.1 Å². The fraction of sp³-hybridized carbons (Fsp3) is 0.500. The second-order valence-corrected chi connectivity index (χ2v) is 5.60. The Morgan fingerprint density at radius 2 is 2.25 bits per heavy atom. The van der Waals surface area contributed by atoms with Gasteiger partial charge in [-0.15, -0.1) is 0 Å². The number of aryl methyl sites for hydroxylation is 1. The zero-order valence-electron chi connectivity index (χ0n) is 12.0. The number of hydrogen-bond donors (Lipinski definition) is 1. The standard InChI is InChI=1S/C16H20N2O2/c1-3-6-14-17-15-11(16(19)20)7-5-8-12(15)18(14)13-9-10(13)4-2/h5,7-8,10,13H,3-4,6,9H2,1-2H3,(H,19,20). The Morgan fingerprint density at radius 1 is 1.45 bits per heavy atom. The molecule has 0 saturated heterocycles. The number of aromatic nitrogens is 2. The van der Waals surface area contributed by atoms with Gasteiger partial charge in [-0.25, -0.2) is 9.78 Å². The highest BCUT2D eigenvalue weighted by Crippen LogP contribution is 2.47. The number of para-hydroxylation sites is 1. The molecular formula is C16H20N2O2. The van der Waals surface area contributed by atoms with Gasteiger partial charge in [0.25, 0.3) is 0 Å². The van der Waals surface area contributed by atoms with Crippen molar-refractivity contribution in [3.8, 4) is 0 Å². The SMILES string of the molecule is CCCc1nc2c(C(=O)O)cccc2n1C1CC1CC. The lowest BCUT2D eigenvalue weighted by atomic mass is 10.2. The Hall–Kier alpha value is -1.84. The average Bonchev–Trinajstić information content (AvgIpc) is 3.11. The molecule has 106 valence electrons. The molecule has 4 heteroatoms. The topological polar surface area (TPSA) is 55.1 Å². The van der Waals surface area contributed by atoms with E-state index in [9.17, 15) is 9.90 Å². The predicted octanol–water partition coefficient (Wildman–Crippen LogP) is 3.66. The van der Waals surface area contributed by atoms with Crippen LogP contribution < -0.4 is 0 Å². The molecule has 1 saturated carbocycles. The summed E-state index contributed by atoms with van der Waals surface area (Å²) in [7, 11) is 0. The summed E-state index contributed by atoms with van der Waals surface area (Å²) >= 11 is 0. The molecule has 2 aromatic rings. The van der Waals surface area contributed by atoms with Gasteiger partial charge in [0.1, 0.15) is 11.3 Å². The maximum absolute atomic E-state index is 11.4. The van der Waals surface area contributed by atoms with Crippen LogP contribution in [0.2, 0.25) is 0 Å². The number of hydrogen-bond acceptors (Lipinski definition) is 2. The summed E-state index contributed by atoms with van der Waals surface area (Å²) in [6.45, 7) is 4.35. The van der Waals surface area contributed by atoms with Crippen LogP contribution in [0.25, 0.3) is 11.0 Å². The molecule has 3 rings (SSSR count). The summed E-state index contributed by atoms with van der Waals surface area (Å²) in [5.41, 5.74) is 1.94. The molecule has 1 heterocycles. The third kappa shape index (κ3) is 1.99. The van der Waals surface area contributed by atoms with Crippen molar-refractivity contribution in [2.24, 2.45) is 5.92 Å². The smallest absolute Gasteiger partial charge is 0.337 e. The van der Waals surface area contributed by atoms with Crippen molar-refractivity contribution in [2.45, 2.75) is 45.6 Å². The van der Waals surface area contributed by atoms with E-state index >= 15 is 0 Å². The number of carboxylic acid groups (broad SMARTS) is 1. The van der Waals surface area contributed by atoms with Crippen molar-refractivity contribution in [1.82, 2.24) is 9.55 Å². The van der Waals surface area contributed by atoms with E-state index in [0.29, 0.717) is 17.1 Å². The first-order valence-corrected chi connectivity index (χ1v) is 7.40. The molecule has 0 amide bonds. The summed E-state index contributed by atoms with van der Waals surface area (Å²) in [5, 5.41) is 9.32. The number of benzene rings is 1. The summed E-state index contributed by atoms with van der Waals surface area (Å²) < 4.78 is 2.29. The third-order valence-electron chi connectivity index (χ3n) is 4.24. The van der Waals surface area contributed by atoms with Crippen LogP contribution in [0.4, 0.5) is 0 Å². The van der Waals surface area contributed by atoms with Crippen molar-refractivity contribution in [1.29, 1.82) is 0 Å². The number of rotatable bonds is 5. The minimum absolute atomic E-state index is 0.312. The second-order valence-electron chi connectivity index (χ2n) is 5.60. The predicted molar refractivity (Wildman–Crippen MR) is 78.1 cm³/mol. The molecule has 2 unspecified atom stereocenters. The van der Waals surface area contributed by atoms with Crippen LogP contribution in [0.3, 0.4) is 0 Å². The molecule has 1 aromatic carbocycles. The second kappa shape index (κ2) is 4.93. The zero-order chi connectivity index (χ0) is 14.3. The van der Waals surface area contributed by atoms with Crippen LogP contribution in [-0.4, -0.2) is 20.6 Å². The van der Waals surface area contributed by atoms with Crippen molar-refractivity contribution in [2.75, 3.05) is 0 Å². The van der Waals surface area contributed by atoms with E-state index in [1.807, 2.05) is 12.1 Å². The average molecular weight is 272 g/mol. The van der Waals surface area contributed by atoms with Crippen molar-refractivity contribution < 1.29 is 9.90 Å². The van der Waals surface area contributed by atoms with Gasteiger partial charge >= 0.3 is 5.97 Å². The van der Waals surface area contributed by atoms with Gasteiger partial charge in [-0.2, -0.15) is 0 Å². The minimum atomic E-state index is -0.897. The Labute approximate surface area is 118 Å². The molecule has 1 fully saturated rings. The molecule has 2 atom stereocenters. The Balaban J connectivity index is 2.18. The normalized spacial score (nSPS) is 21.3. The van der Waals surface area contributed by atoms with Gasteiger partial charge in [-0.3, -0.25) is 0 Å². The first-order valence-electron chi connectivity index (χ1n) is 7.40. The fourth-order valence-corrected chi connectivity index (χ4v) is 3.09. The Bertz CT molecular complexity index is 660. The highest BCUT2D eigenvalue weighted by Gasteiger charge is 2.39. The molecule has 0 radical (unpaired) electrons. The van der Waals surface area contributed by atoms with E-state index in [1.54, 1.807) is 6.07 Å². The van der Waals surface area contributed by atoms with Gasteiger partial charge in [-0.05, 0) is 30.9 Å². The monoisotopic (exact) mass is 272 g/mol. The third-order valence-corrected chi connectivity index (χ3v) is 4.24. The largest absolute Gasteiger partial charge is 0.478 e. The summed E-state index contributed by atoms with van der Waals surface area (Å²) in [6.07, 6.45) is 4.29. The minimum Gasteiger partial charge on any atom is -0.478 e. The number of imidazole rings is 1. The summed E-state index contributed by atoms with van der Waals surface area (Å²) in [5.74, 6) is 0.861. The molecular weight excluding hydrogens is 252 g/mol. The molecule has 0 aliphatic heterocycles. The molecule has 0 bridgehead atoms. The molecule has 4 nitrogen and oxygen atoms in total. The summed E-state index contributed by atoms with van der Waals surface area (Å²) in [6, 6.07) is 5.97. The van der Waals surface area contributed by atoms with E-state index in [1.165, 1.54) is 12.8 Å². The molecule has 1 aromatic heterocycles. The van der Waals surface area contributed by atoms with Crippen molar-refractivity contribution in [3.63, 3.8) is 0 Å². The Kier molecular flexibility index (Phi) is 3.24. The lowest BCUT2D eigenvalue weighted by molar-refractivity contribution is 0.0699. The number of carboxylic acids is 1. The van der Waals surface area contributed by atoms with Gasteiger partial charge in [0.15, 0.2) is 0 Å². The van der Waals surface area contributed by atoms with Crippen LogP contribution in [0, 0.1) is 5.92 Å². The number of nitrogens with zero attached hydrogens (tertiary/aromatic N) is 2. The first kappa shape index (κ1) is 13.2. The van der Waals surface area contributed by atoms with Crippen LogP contribution in [0.5, 0.6) is 0 Å². The van der Waals surface area contributed by atoms with E-state index in [2.05, 4.69) is 23.4 Å². The van der Waals surface area contributed by atoms with E-state index in [4.69, 9.17) is 0 Å². The zero-order valence-corrected chi connectivity index (χ0v) is 12.0. The maximum atomic E-state index is 11.4. The molecule has 1 aliphatic carbocycles. The van der Waals surface area contributed by atoms with Crippen molar-refractivity contribution >= 4 is 17.0 Å². The van der Waals surface area contributed by atoms with Gasteiger partial charge in [0.2, 0.25) is 0 Å². The lowest BCUT2D eigenvalue weighted by Crippen LogP contribution is -2.03. The van der Waals surface area contributed by atoms with Gasteiger partial charge < -0.3 is 9.67 Å². The van der Waals surface area contributed by atoms with Crippen LogP contribution in [0.15, 0.2) is 18.2 Å². The Morgan fingerprint density at radius 3 is 2.85 bits per heavy atom. The van der Waals surface area contributed by atoms with E-state index < -0.39 is 5.97 Å². The number of aromatic carboxylic acids is 1.